The Morgan fingerprint density at radius 2 is 1.70 bits per heavy atom. The number of hydrogen-bond donors (Lipinski definition) is 1. The Kier molecular flexibility index (Phi) is 5.70. The van der Waals surface area contributed by atoms with E-state index in [1.807, 2.05) is 4.90 Å². The van der Waals surface area contributed by atoms with E-state index in [2.05, 4.69) is 5.32 Å². The third kappa shape index (κ3) is 4.01. The molecular weight excluding hydrogens is 385 g/mol. The van der Waals surface area contributed by atoms with Crippen LogP contribution in [0.2, 0.25) is 0 Å². The highest BCUT2D eigenvalue weighted by Crippen LogP contribution is 2.39. The first-order chi connectivity index (χ1) is 14.5. The molecule has 1 N–H and O–H groups in total. The number of benzene rings is 2. The summed E-state index contributed by atoms with van der Waals surface area (Å²) >= 11 is 0. The summed E-state index contributed by atoms with van der Waals surface area (Å²) in [6.45, 7) is 1.21. The minimum Gasteiger partial charge on any atom is -0.366 e. The summed E-state index contributed by atoms with van der Waals surface area (Å²) < 4.78 is 13.4. The highest BCUT2D eigenvalue weighted by Gasteiger charge is 2.39. The van der Waals surface area contributed by atoms with E-state index in [0.717, 1.165) is 31.2 Å². The van der Waals surface area contributed by atoms with E-state index in [1.165, 1.54) is 18.2 Å². The number of piperidine rings is 1. The minimum atomic E-state index is -0.417. The average Bonchev–Trinajstić information content (AvgIpc) is 3.24. The summed E-state index contributed by atoms with van der Waals surface area (Å²) in [6.07, 6.45) is 5.09. The summed E-state index contributed by atoms with van der Waals surface area (Å²) in [7, 11) is 0. The number of rotatable bonds is 5. The van der Waals surface area contributed by atoms with Gasteiger partial charge in [0.2, 0.25) is 5.91 Å². The molecule has 4 rings (SSSR count). The van der Waals surface area contributed by atoms with Crippen molar-refractivity contribution in [3.63, 3.8) is 0 Å². The Hall–Kier alpha value is -2.96. The fourth-order valence-electron chi connectivity index (χ4n) is 4.84. The first-order valence-corrected chi connectivity index (χ1v) is 10.5. The number of nitrogens with one attached hydrogen (secondary N) is 1. The highest BCUT2D eigenvalue weighted by molar-refractivity contribution is 5.80. The summed E-state index contributed by atoms with van der Waals surface area (Å²) in [6, 6.07) is 13.2. The van der Waals surface area contributed by atoms with Crippen molar-refractivity contribution in [2.75, 3.05) is 18.0 Å². The number of halogens is 1. The maximum Gasteiger partial charge on any atom is 0.292 e. The number of hydrogen-bond acceptors (Lipinski definition) is 4. The summed E-state index contributed by atoms with van der Waals surface area (Å²) in [5, 5.41) is 14.6. The van der Waals surface area contributed by atoms with E-state index >= 15 is 0 Å². The zero-order valence-corrected chi connectivity index (χ0v) is 16.9. The van der Waals surface area contributed by atoms with Crippen molar-refractivity contribution >= 4 is 17.3 Å². The van der Waals surface area contributed by atoms with Gasteiger partial charge in [-0.1, -0.05) is 37.1 Å². The maximum absolute atomic E-state index is 13.4. The van der Waals surface area contributed by atoms with E-state index in [1.54, 1.807) is 30.3 Å². The number of carbonyl (C=O) groups is 1. The Morgan fingerprint density at radius 3 is 2.33 bits per heavy atom. The van der Waals surface area contributed by atoms with Crippen LogP contribution in [0.1, 0.15) is 44.1 Å². The molecule has 0 unspecified atom stereocenters. The lowest BCUT2D eigenvalue weighted by atomic mass is 9.86. The van der Waals surface area contributed by atoms with Crippen LogP contribution in [-0.4, -0.2) is 23.9 Å². The van der Waals surface area contributed by atoms with Crippen LogP contribution >= 0.6 is 0 Å². The van der Waals surface area contributed by atoms with E-state index in [9.17, 15) is 19.3 Å². The number of nitro benzene ring substituents is 1. The zero-order chi connectivity index (χ0) is 21.1. The van der Waals surface area contributed by atoms with Gasteiger partial charge in [0, 0.05) is 25.1 Å². The maximum atomic E-state index is 13.4. The van der Waals surface area contributed by atoms with Crippen molar-refractivity contribution in [1.29, 1.82) is 0 Å². The van der Waals surface area contributed by atoms with Gasteiger partial charge in [-0.2, -0.15) is 0 Å². The molecular formula is C23H26FN3O3. The standard InChI is InChI=1S/C23H26FN3O3/c24-19-9-7-18(8-10-19)23(13-3-4-14-23)25-22(28)17-11-15-26(16-12-17)20-5-1-2-6-21(20)27(29)30/h1-2,5-10,17H,3-4,11-16H2,(H,25,28). The Balaban J connectivity index is 1.43. The van der Waals surface area contributed by atoms with Gasteiger partial charge < -0.3 is 10.2 Å². The van der Waals surface area contributed by atoms with E-state index in [4.69, 9.17) is 0 Å². The molecule has 1 saturated heterocycles. The molecule has 2 fully saturated rings. The fourth-order valence-corrected chi connectivity index (χ4v) is 4.84. The van der Waals surface area contributed by atoms with Gasteiger partial charge in [-0.05, 0) is 49.4 Å². The van der Waals surface area contributed by atoms with Gasteiger partial charge in [-0.15, -0.1) is 0 Å². The first-order valence-electron chi connectivity index (χ1n) is 10.5. The second-order valence-corrected chi connectivity index (χ2v) is 8.29. The van der Waals surface area contributed by atoms with Crippen LogP contribution in [0.4, 0.5) is 15.8 Å². The Bertz CT molecular complexity index is 918. The summed E-state index contributed by atoms with van der Waals surface area (Å²) in [5.74, 6) is -0.369. The molecule has 2 aromatic rings. The van der Waals surface area contributed by atoms with E-state index in [-0.39, 0.29) is 28.3 Å². The number of nitro groups is 1. The molecule has 0 spiro atoms. The minimum absolute atomic E-state index is 0.0310. The molecule has 2 aliphatic rings. The monoisotopic (exact) mass is 411 g/mol. The van der Waals surface area contributed by atoms with Crippen LogP contribution in [0.3, 0.4) is 0 Å². The second kappa shape index (κ2) is 8.42. The quantitative estimate of drug-likeness (QED) is 0.579. The van der Waals surface area contributed by atoms with Crippen molar-refractivity contribution in [3.05, 3.63) is 70.0 Å². The molecule has 7 heteroatoms. The van der Waals surface area contributed by atoms with Gasteiger partial charge >= 0.3 is 0 Å². The Morgan fingerprint density at radius 1 is 1.07 bits per heavy atom. The van der Waals surface area contributed by atoms with Gasteiger partial charge in [0.05, 0.1) is 10.5 Å². The van der Waals surface area contributed by atoms with Gasteiger partial charge in [-0.3, -0.25) is 14.9 Å². The molecule has 1 heterocycles. The SMILES string of the molecule is O=C(NC1(c2ccc(F)cc2)CCCC1)C1CCN(c2ccccc2[N+](=O)[O-])CC1. The van der Waals surface area contributed by atoms with Gasteiger partial charge in [0.1, 0.15) is 11.5 Å². The molecule has 0 atom stereocenters. The molecule has 2 aromatic carbocycles. The highest BCUT2D eigenvalue weighted by atomic mass is 19.1. The molecule has 0 radical (unpaired) electrons. The first kappa shape index (κ1) is 20.3. The van der Waals surface area contributed by atoms with Crippen molar-refractivity contribution in [3.8, 4) is 0 Å². The van der Waals surface area contributed by atoms with Crippen LogP contribution < -0.4 is 10.2 Å². The zero-order valence-electron chi connectivity index (χ0n) is 16.9. The van der Waals surface area contributed by atoms with Crippen molar-refractivity contribution in [2.45, 2.75) is 44.1 Å². The molecule has 6 nitrogen and oxygen atoms in total. The van der Waals surface area contributed by atoms with Crippen molar-refractivity contribution in [2.24, 2.45) is 5.92 Å². The molecule has 158 valence electrons. The van der Waals surface area contributed by atoms with Crippen LogP contribution in [0, 0.1) is 21.8 Å². The lowest BCUT2D eigenvalue weighted by Crippen LogP contribution is -2.48. The molecule has 0 bridgehead atoms. The largest absolute Gasteiger partial charge is 0.366 e. The number of para-hydroxylation sites is 2. The van der Waals surface area contributed by atoms with Gasteiger partial charge in [0.25, 0.3) is 5.69 Å². The summed E-state index contributed by atoms with van der Waals surface area (Å²) in [4.78, 5) is 26.1. The fraction of sp³-hybridized carbons (Fsp3) is 0.435. The predicted molar refractivity (Wildman–Crippen MR) is 113 cm³/mol. The van der Waals surface area contributed by atoms with E-state index < -0.39 is 5.54 Å². The number of anilines is 1. The normalized spacial score (nSPS) is 18.9. The van der Waals surface area contributed by atoms with Crippen LogP contribution in [0.15, 0.2) is 48.5 Å². The van der Waals surface area contributed by atoms with Crippen molar-refractivity contribution in [1.82, 2.24) is 5.32 Å². The van der Waals surface area contributed by atoms with Crippen molar-refractivity contribution < 1.29 is 14.1 Å². The van der Waals surface area contributed by atoms with Crippen LogP contribution in [0.25, 0.3) is 0 Å². The lowest BCUT2D eigenvalue weighted by molar-refractivity contribution is -0.384. The number of carbonyl (C=O) groups excluding carboxylic acids is 1. The molecule has 30 heavy (non-hydrogen) atoms. The molecule has 1 aliphatic carbocycles. The average molecular weight is 411 g/mol. The number of amides is 1. The molecule has 1 amide bonds. The van der Waals surface area contributed by atoms with Gasteiger partial charge in [-0.25, -0.2) is 4.39 Å². The molecule has 1 aliphatic heterocycles. The smallest absolute Gasteiger partial charge is 0.292 e. The summed E-state index contributed by atoms with van der Waals surface area (Å²) in [5.41, 5.74) is 1.26. The lowest BCUT2D eigenvalue weighted by Gasteiger charge is -2.36. The Labute approximate surface area is 175 Å². The third-order valence-corrected chi connectivity index (χ3v) is 6.50. The third-order valence-electron chi connectivity index (χ3n) is 6.50. The van der Waals surface area contributed by atoms with Crippen LogP contribution in [0.5, 0.6) is 0 Å². The van der Waals surface area contributed by atoms with E-state index in [0.29, 0.717) is 31.6 Å². The topological polar surface area (TPSA) is 75.5 Å². The predicted octanol–water partition coefficient (Wildman–Crippen LogP) is 4.54. The van der Waals surface area contributed by atoms with Crippen LogP contribution in [-0.2, 0) is 10.3 Å². The number of nitrogens with zero attached hydrogens (tertiary/aromatic N) is 2. The van der Waals surface area contributed by atoms with Gasteiger partial charge in [0.15, 0.2) is 0 Å². The molecule has 1 saturated carbocycles. The molecule has 0 aromatic heterocycles. The second-order valence-electron chi connectivity index (χ2n) is 8.29.